The smallest absolute Gasteiger partial charge is 0.377 e. The maximum Gasteiger partial charge on any atom is 0.460 e. The first-order valence-corrected chi connectivity index (χ1v) is 7.54. The van der Waals surface area contributed by atoms with Crippen molar-refractivity contribution in [3.63, 3.8) is 0 Å². The Bertz CT molecular complexity index is 799. The van der Waals surface area contributed by atoms with E-state index >= 15 is 0 Å². The van der Waals surface area contributed by atoms with E-state index in [4.69, 9.17) is 0 Å². The van der Waals surface area contributed by atoms with Gasteiger partial charge in [-0.05, 0) is 18.6 Å². The fraction of sp³-hybridized carbons (Fsp3) is 0.417. The zero-order chi connectivity index (χ0) is 20.8. The van der Waals surface area contributed by atoms with E-state index in [2.05, 4.69) is 4.18 Å². The van der Waals surface area contributed by atoms with E-state index in [0.717, 1.165) is 25.1 Å². The second-order valence-corrected chi connectivity index (χ2v) is 6.40. The molecule has 0 saturated heterocycles. The number of rotatable bonds is 6. The molecular formula is C12H7F9O4S. The molecule has 0 atom stereocenters. The summed E-state index contributed by atoms with van der Waals surface area (Å²) in [5.74, 6) is -16.0. The summed E-state index contributed by atoms with van der Waals surface area (Å²) in [6.07, 6.45) is -7.33. The van der Waals surface area contributed by atoms with Gasteiger partial charge in [0.2, 0.25) is 0 Å². The summed E-state index contributed by atoms with van der Waals surface area (Å²) in [6, 6.07) is 2.87. The van der Waals surface area contributed by atoms with E-state index in [1.807, 2.05) is 0 Å². The van der Waals surface area contributed by atoms with Crippen molar-refractivity contribution < 1.29 is 56.9 Å². The molecule has 0 aliphatic carbocycles. The predicted octanol–water partition coefficient (Wildman–Crippen LogP) is 3.94. The molecular weight excluding hydrogens is 411 g/mol. The fourth-order valence-corrected chi connectivity index (χ4v) is 2.56. The van der Waals surface area contributed by atoms with Crippen LogP contribution in [0.3, 0.4) is 0 Å². The quantitative estimate of drug-likeness (QED) is 0.399. The van der Waals surface area contributed by atoms with Crippen LogP contribution < -0.4 is 4.18 Å². The number of halogens is 9. The lowest BCUT2D eigenvalue weighted by Crippen LogP contribution is -2.63. The maximum absolute atomic E-state index is 13.5. The van der Waals surface area contributed by atoms with E-state index in [1.165, 1.54) is 0 Å². The van der Waals surface area contributed by atoms with Crippen molar-refractivity contribution in [1.29, 1.82) is 0 Å². The molecule has 1 rings (SSSR count). The molecule has 0 aliphatic rings. The topological polar surface area (TPSA) is 60.4 Å². The third-order valence-electron chi connectivity index (χ3n) is 2.99. The van der Waals surface area contributed by atoms with Crippen LogP contribution >= 0.6 is 0 Å². The van der Waals surface area contributed by atoms with Crippen molar-refractivity contribution >= 4 is 16.4 Å². The fourth-order valence-electron chi connectivity index (χ4n) is 1.56. The minimum absolute atomic E-state index is 0.140. The number of hydrogen-bond donors (Lipinski definition) is 0. The van der Waals surface area contributed by atoms with Crippen LogP contribution in [-0.4, -0.2) is 38.0 Å². The average molecular weight is 418 g/mol. The largest absolute Gasteiger partial charge is 0.460 e. The average Bonchev–Trinajstić information content (AvgIpc) is 2.47. The van der Waals surface area contributed by atoms with Gasteiger partial charge in [-0.15, -0.1) is 0 Å². The number of aryl methyl sites for hydroxylation is 1. The van der Waals surface area contributed by atoms with E-state index in [-0.39, 0.29) is 11.8 Å². The number of alkyl halides is 9. The second kappa shape index (κ2) is 6.32. The normalized spacial score (nSPS) is 14.2. The number of carbonyl (C=O) groups is 1. The van der Waals surface area contributed by atoms with E-state index in [0.29, 0.717) is 0 Å². The summed E-state index contributed by atoms with van der Waals surface area (Å²) in [7, 11) is -7.09. The Hall–Kier alpha value is -1.99. The van der Waals surface area contributed by atoms with Crippen molar-refractivity contribution in [2.45, 2.75) is 30.2 Å². The lowest BCUT2D eigenvalue weighted by atomic mass is 10.1. The van der Waals surface area contributed by atoms with Gasteiger partial charge in [0, 0.05) is 0 Å². The minimum Gasteiger partial charge on any atom is -0.377 e. The molecule has 0 N–H and O–H groups in total. The van der Waals surface area contributed by atoms with Gasteiger partial charge in [0.1, 0.15) is 0 Å². The molecule has 0 radical (unpaired) electrons. The summed E-state index contributed by atoms with van der Waals surface area (Å²) < 4.78 is 141. The second-order valence-electron chi connectivity index (χ2n) is 4.81. The molecule has 4 nitrogen and oxygen atoms in total. The van der Waals surface area contributed by atoms with Crippen molar-refractivity contribution in [2.24, 2.45) is 0 Å². The third-order valence-corrected chi connectivity index (χ3v) is 4.26. The lowest BCUT2D eigenvalue weighted by Gasteiger charge is -2.32. The van der Waals surface area contributed by atoms with E-state index < -0.39 is 44.7 Å². The van der Waals surface area contributed by atoms with Gasteiger partial charge in [0.25, 0.3) is 0 Å². The molecule has 26 heavy (non-hydrogen) atoms. The molecule has 0 bridgehead atoms. The first kappa shape index (κ1) is 22.1. The van der Waals surface area contributed by atoms with Crippen LogP contribution in [0.5, 0.6) is 5.75 Å². The number of carbonyl (C=O) groups excluding carboxylic acids is 1. The van der Waals surface area contributed by atoms with Crippen molar-refractivity contribution in [2.75, 3.05) is 0 Å². The van der Waals surface area contributed by atoms with Gasteiger partial charge in [-0.25, -0.2) is 0 Å². The summed E-state index contributed by atoms with van der Waals surface area (Å²) in [4.78, 5) is 10.7. The summed E-state index contributed by atoms with van der Waals surface area (Å²) in [6.45, 7) is 0.971. The molecule has 0 heterocycles. The Balaban J connectivity index is 3.50. The molecule has 0 spiro atoms. The van der Waals surface area contributed by atoms with Crippen LogP contribution in [0.15, 0.2) is 18.2 Å². The van der Waals surface area contributed by atoms with Gasteiger partial charge in [-0.2, -0.15) is 47.9 Å². The van der Waals surface area contributed by atoms with Gasteiger partial charge in [0.15, 0.2) is 12.0 Å². The summed E-state index contributed by atoms with van der Waals surface area (Å²) >= 11 is 0. The molecule has 1 aromatic carbocycles. The molecule has 148 valence electrons. The van der Waals surface area contributed by atoms with Gasteiger partial charge >= 0.3 is 33.4 Å². The summed E-state index contributed by atoms with van der Waals surface area (Å²) in [5.41, 5.74) is -1.13. The highest BCUT2D eigenvalue weighted by Gasteiger charge is 2.86. The molecule has 0 aliphatic heterocycles. The zero-order valence-corrected chi connectivity index (χ0v) is 13.1. The minimum atomic E-state index is -7.42. The molecule has 1 aromatic rings. The highest BCUT2D eigenvalue weighted by atomic mass is 32.2. The molecule has 14 heteroatoms. The van der Waals surface area contributed by atoms with Crippen LogP contribution in [0.2, 0.25) is 0 Å². The van der Waals surface area contributed by atoms with Gasteiger partial charge < -0.3 is 4.18 Å². The van der Waals surface area contributed by atoms with Crippen LogP contribution in [0.1, 0.15) is 15.9 Å². The summed E-state index contributed by atoms with van der Waals surface area (Å²) in [5, 5.41) is -7.00. The van der Waals surface area contributed by atoms with Crippen LogP contribution in [0.4, 0.5) is 39.5 Å². The first-order valence-electron chi connectivity index (χ1n) is 6.13. The highest BCUT2D eigenvalue weighted by molar-refractivity contribution is 7.88. The van der Waals surface area contributed by atoms with Gasteiger partial charge in [0.05, 0.1) is 5.56 Å². The van der Waals surface area contributed by atoms with Crippen LogP contribution in [0.25, 0.3) is 0 Å². The van der Waals surface area contributed by atoms with Crippen LogP contribution in [-0.2, 0) is 10.1 Å². The number of benzene rings is 1. The Kier molecular flexibility index (Phi) is 5.36. The van der Waals surface area contributed by atoms with E-state index in [9.17, 15) is 52.7 Å². The monoisotopic (exact) mass is 418 g/mol. The maximum atomic E-state index is 13.5. The molecule has 0 aromatic heterocycles. The Morgan fingerprint density at radius 1 is 0.923 bits per heavy atom. The number of aldehydes is 1. The van der Waals surface area contributed by atoms with Crippen molar-refractivity contribution in [1.82, 2.24) is 0 Å². The standard InChI is InChI=1S/C12H7F9O4S/c1-6-3-2-4-7(5-22)8(6)25-26(23,24)12(20,21)10(15,16)9(13,14)11(17,18)19/h2-5H,1H3. The zero-order valence-electron chi connectivity index (χ0n) is 12.3. The lowest BCUT2D eigenvalue weighted by molar-refractivity contribution is -0.382. The molecule has 0 fully saturated rings. The van der Waals surface area contributed by atoms with Crippen LogP contribution in [0, 0.1) is 6.92 Å². The van der Waals surface area contributed by atoms with Gasteiger partial charge in [-0.1, -0.05) is 12.1 Å². The van der Waals surface area contributed by atoms with Gasteiger partial charge in [-0.3, -0.25) is 4.79 Å². The third kappa shape index (κ3) is 3.21. The Morgan fingerprint density at radius 3 is 1.85 bits per heavy atom. The Labute approximate surface area is 139 Å². The molecule has 0 amide bonds. The molecule has 0 unspecified atom stereocenters. The predicted molar refractivity (Wildman–Crippen MR) is 67.0 cm³/mol. The Morgan fingerprint density at radius 2 is 1.42 bits per heavy atom. The SMILES string of the molecule is Cc1cccc(C=O)c1OS(=O)(=O)C(F)(F)C(F)(F)C(F)(F)C(F)(F)F. The highest BCUT2D eigenvalue weighted by Crippen LogP contribution is 2.55. The van der Waals surface area contributed by atoms with E-state index in [1.54, 1.807) is 0 Å². The number of hydrogen-bond acceptors (Lipinski definition) is 4. The van der Waals surface area contributed by atoms with Crippen molar-refractivity contribution in [3.05, 3.63) is 29.3 Å². The first-order chi connectivity index (χ1) is 11.4. The molecule has 0 saturated carbocycles. The van der Waals surface area contributed by atoms with Crippen molar-refractivity contribution in [3.8, 4) is 5.75 Å². The number of para-hydroxylation sites is 1.